The summed E-state index contributed by atoms with van der Waals surface area (Å²) in [4.78, 5) is 8.00. The standard InChI is InChI=1S/C8H6BrF2NO3/c9-8(12(14)15)7(13)4-1-5(10)3-6(11)2-4/h1-3,7-8,13H/t7-,8?/m0/s1. The van der Waals surface area contributed by atoms with Gasteiger partial charge in [-0.05, 0) is 33.6 Å². The van der Waals surface area contributed by atoms with Crippen molar-refractivity contribution in [1.29, 1.82) is 0 Å². The molecule has 0 bridgehead atoms. The molecule has 0 fully saturated rings. The quantitative estimate of drug-likeness (QED) is 0.399. The van der Waals surface area contributed by atoms with Crippen molar-refractivity contribution in [2.45, 2.75) is 11.1 Å². The first kappa shape index (κ1) is 12.0. The number of aliphatic hydroxyl groups excluding tert-OH is 1. The lowest BCUT2D eigenvalue weighted by atomic mass is 10.1. The number of hydrogen-bond acceptors (Lipinski definition) is 3. The molecule has 0 aliphatic heterocycles. The summed E-state index contributed by atoms with van der Waals surface area (Å²) in [5.41, 5.74) is -0.189. The second-order valence-electron chi connectivity index (χ2n) is 2.81. The number of nitrogens with zero attached hydrogens (tertiary/aromatic N) is 1. The maximum Gasteiger partial charge on any atom is 0.295 e. The Labute approximate surface area is 91.8 Å². The highest BCUT2D eigenvalue weighted by Gasteiger charge is 2.28. The molecule has 0 saturated carbocycles. The van der Waals surface area contributed by atoms with Crippen LogP contribution in [0.1, 0.15) is 11.7 Å². The van der Waals surface area contributed by atoms with E-state index < -0.39 is 27.6 Å². The van der Waals surface area contributed by atoms with Gasteiger partial charge in [-0.15, -0.1) is 0 Å². The third-order valence-corrected chi connectivity index (χ3v) is 2.52. The van der Waals surface area contributed by atoms with E-state index in [1.165, 1.54) is 0 Å². The van der Waals surface area contributed by atoms with E-state index in [2.05, 4.69) is 15.9 Å². The predicted octanol–water partition coefficient (Wildman–Crippen LogP) is 2.00. The fourth-order valence-corrected chi connectivity index (χ4v) is 1.33. The highest BCUT2D eigenvalue weighted by atomic mass is 79.9. The second kappa shape index (κ2) is 4.63. The molecular formula is C8H6BrF2NO3. The van der Waals surface area contributed by atoms with Crippen molar-refractivity contribution in [1.82, 2.24) is 0 Å². The van der Waals surface area contributed by atoms with Crippen LogP contribution in [0.4, 0.5) is 8.78 Å². The van der Waals surface area contributed by atoms with Crippen LogP contribution in [0.15, 0.2) is 18.2 Å². The Morgan fingerprint density at radius 3 is 2.20 bits per heavy atom. The van der Waals surface area contributed by atoms with Crippen molar-refractivity contribution in [2.24, 2.45) is 0 Å². The number of aliphatic hydroxyl groups is 1. The van der Waals surface area contributed by atoms with Gasteiger partial charge in [0.15, 0.2) is 6.10 Å². The molecule has 0 saturated heterocycles. The summed E-state index contributed by atoms with van der Waals surface area (Å²) in [6, 6.07) is 2.29. The molecule has 0 aliphatic carbocycles. The summed E-state index contributed by atoms with van der Waals surface area (Å²) < 4.78 is 25.4. The minimum absolute atomic E-state index is 0.189. The molecule has 1 aromatic carbocycles. The minimum Gasteiger partial charge on any atom is -0.380 e. The van der Waals surface area contributed by atoms with Gasteiger partial charge in [-0.1, -0.05) is 0 Å². The van der Waals surface area contributed by atoms with Gasteiger partial charge in [0, 0.05) is 11.0 Å². The fourth-order valence-electron chi connectivity index (χ4n) is 1.02. The lowest BCUT2D eigenvalue weighted by Crippen LogP contribution is -2.21. The van der Waals surface area contributed by atoms with Gasteiger partial charge < -0.3 is 5.11 Å². The topological polar surface area (TPSA) is 63.4 Å². The highest BCUT2D eigenvalue weighted by molar-refractivity contribution is 9.09. The molecular weight excluding hydrogens is 276 g/mol. The van der Waals surface area contributed by atoms with E-state index in [0.29, 0.717) is 6.07 Å². The monoisotopic (exact) mass is 281 g/mol. The largest absolute Gasteiger partial charge is 0.380 e. The molecule has 82 valence electrons. The van der Waals surface area contributed by atoms with Gasteiger partial charge in [0.05, 0.1) is 0 Å². The average molecular weight is 282 g/mol. The van der Waals surface area contributed by atoms with Crippen molar-refractivity contribution < 1.29 is 18.8 Å². The lowest BCUT2D eigenvalue weighted by molar-refractivity contribution is -0.505. The van der Waals surface area contributed by atoms with Crippen LogP contribution in [0.5, 0.6) is 0 Å². The van der Waals surface area contributed by atoms with Crippen LogP contribution >= 0.6 is 15.9 Å². The van der Waals surface area contributed by atoms with Crippen molar-refractivity contribution in [3.05, 3.63) is 45.5 Å². The number of hydrogen-bond donors (Lipinski definition) is 1. The predicted molar refractivity (Wildman–Crippen MR) is 51.0 cm³/mol. The summed E-state index contributed by atoms with van der Waals surface area (Å²) in [5.74, 6) is -1.79. The molecule has 0 aromatic heterocycles. The molecule has 7 heteroatoms. The average Bonchev–Trinajstić information content (AvgIpc) is 2.13. The maximum absolute atomic E-state index is 12.7. The summed E-state index contributed by atoms with van der Waals surface area (Å²) >= 11 is 2.60. The Kier molecular flexibility index (Phi) is 3.70. The number of alkyl halides is 1. The summed E-state index contributed by atoms with van der Waals surface area (Å²) in [5, 5.41) is 19.7. The molecule has 0 radical (unpaired) electrons. The number of rotatable bonds is 3. The summed E-state index contributed by atoms with van der Waals surface area (Å²) in [6.07, 6.45) is -1.61. The van der Waals surface area contributed by atoms with Crippen LogP contribution < -0.4 is 0 Å². The minimum atomic E-state index is -1.61. The molecule has 0 spiro atoms. The Morgan fingerprint density at radius 1 is 1.33 bits per heavy atom. The van der Waals surface area contributed by atoms with Crippen LogP contribution in [-0.2, 0) is 0 Å². The van der Waals surface area contributed by atoms with Crippen molar-refractivity contribution in [3.8, 4) is 0 Å². The fraction of sp³-hybridized carbons (Fsp3) is 0.250. The van der Waals surface area contributed by atoms with Crippen molar-refractivity contribution >= 4 is 15.9 Å². The van der Waals surface area contributed by atoms with Gasteiger partial charge in [0.1, 0.15) is 11.6 Å². The first-order chi connectivity index (χ1) is 6.91. The molecule has 1 N–H and O–H groups in total. The van der Waals surface area contributed by atoms with Crippen LogP contribution in [0.2, 0.25) is 0 Å². The first-order valence-electron chi connectivity index (χ1n) is 3.83. The van der Waals surface area contributed by atoms with Crippen LogP contribution in [0.25, 0.3) is 0 Å². The van der Waals surface area contributed by atoms with Gasteiger partial charge in [-0.2, -0.15) is 0 Å². The van der Waals surface area contributed by atoms with Crippen molar-refractivity contribution in [3.63, 3.8) is 0 Å². The van der Waals surface area contributed by atoms with Gasteiger partial charge in [-0.3, -0.25) is 10.1 Å². The smallest absolute Gasteiger partial charge is 0.295 e. The number of benzene rings is 1. The van der Waals surface area contributed by atoms with Crippen LogP contribution in [-0.4, -0.2) is 15.0 Å². The molecule has 1 aromatic rings. The Morgan fingerprint density at radius 2 is 1.80 bits per heavy atom. The Bertz CT molecular complexity index is 368. The zero-order chi connectivity index (χ0) is 11.6. The molecule has 1 unspecified atom stereocenters. The van der Waals surface area contributed by atoms with Crippen LogP contribution in [0.3, 0.4) is 0 Å². The van der Waals surface area contributed by atoms with E-state index >= 15 is 0 Å². The van der Waals surface area contributed by atoms with E-state index in [4.69, 9.17) is 0 Å². The third kappa shape index (κ3) is 2.93. The molecule has 2 atom stereocenters. The highest BCUT2D eigenvalue weighted by Crippen LogP contribution is 2.24. The molecule has 0 amide bonds. The zero-order valence-electron chi connectivity index (χ0n) is 7.23. The lowest BCUT2D eigenvalue weighted by Gasteiger charge is -2.11. The zero-order valence-corrected chi connectivity index (χ0v) is 8.82. The molecule has 0 heterocycles. The molecule has 4 nitrogen and oxygen atoms in total. The SMILES string of the molecule is O=[N+]([O-])C(Br)[C@@H](O)c1cc(F)cc(F)c1. The maximum atomic E-state index is 12.7. The van der Waals surface area contributed by atoms with Crippen molar-refractivity contribution in [2.75, 3.05) is 0 Å². The first-order valence-corrected chi connectivity index (χ1v) is 4.75. The van der Waals surface area contributed by atoms with Gasteiger partial charge in [0.25, 0.3) is 4.95 Å². The summed E-state index contributed by atoms with van der Waals surface area (Å²) in [7, 11) is 0. The van der Waals surface area contributed by atoms with E-state index in [1.807, 2.05) is 0 Å². The Hall–Kier alpha value is -1.08. The molecule has 1 rings (SSSR count). The van der Waals surface area contributed by atoms with E-state index in [0.717, 1.165) is 12.1 Å². The van der Waals surface area contributed by atoms with E-state index in [9.17, 15) is 24.0 Å². The van der Waals surface area contributed by atoms with Gasteiger partial charge in [-0.25, -0.2) is 8.78 Å². The third-order valence-electron chi connectivity index (χ3n) is 1.69. The van der Waals surface area contributed by atoms with E-state index in [1.54, 1.807) is 0 Å². The number of halogens is 3. The van der Waals surface area contributed by atoms with Crippen LogP contribution in [0, 0.1) is 21.7 Å². The Balaban J connectivity index is 3.00. The summed E-state index contributed by atoms with van der Waals surface area (Å²) in [6.45, 7) is 0. The van der Waals surface area contributed by atoms with Gasteiger partial charge in [0.2, 0.25) is 0 Å². The normalized spacial score (nSPS) is 14.7. The van der Waals surface area contributed by atoms with E-state index in [-0.39, 0.29) is 5.56 Å². The van der Waals surface area contributed by atoms with Gasteiger partial charge >= 0.3 is 0 Å². The number of nitro groups is 1. The molecule has 15 heavy (non-hydrogen) atoms. The molecule has 0 aliphatic rings. The second-order valence-corrected chi connectivity index (χ2v) is 3.74.